The second-order valence-electron chi connectivity index (χ2n) is 9.19. The standard InChI is InChI=1S/C26H32N4O4S/c1-19-15-30(20(2)18-31)35(32,33)26-5-4-23(22-8-12-28-13-9-22)14-24(26)34-25(19)17-29(3)16-21-6-10-27-11-7-21/h4-14,19-20,25,31H,15-18H2,1-3H3/t19-,20-,25-/m0/s1. The Labute approximate surface area is 207 Å². The molecular formula is C26H32N4O4S. The topological polar surface area (TPSA) is 95.9 Å². The number of fused-ring (bicyclic) bond motifs is 1. The minimum atomic E-state index is -3.87. The molecule has 2 aromatic heterocycles. The van der Waals surface area contributed by atoms with Crippen molar-refractivity contribution in [1.82, 2.24) is 19.2 Å². The van der Waals surface area contributed by atoms with Gasteiger partial charge in [-0.05, 0) is 67.1 Å². The third-order valence-electron chi connectivity index (χ3n) is 6.37. The van der Waals surface area contributed by atoms with Gasteiger partial charge in [-0.15, -0.1) is 0 Å². The van der Waals surface area contributed by atoms with Crippen LogP contribution in [0, 0.1) is 5.92 Å². The molecule has 1 aromatic carbocycles. The summed E-state index contributed by atoms with van der Waals surface area (Å²) < 4.78 is 35.2. The van der Waals surface area contributed by atoms with E-state index in [1.54, 1.807) is 49.9 Å². The maximum atomic E-state index is 13.6. The van der Waals surface area contributed by atoms with Gasteiger partial charge in [0.05, 0.1) is 6.61 Å². The number of ether oxygens (including phenoxy) is 1. The molecule has 0 aliphatic carbocycles. The monoisotopic (exact) mass is 496 g/mol. The quantitative estimate of drug-likeness (QED) is 0.537. The van der Waals surface area contributed by atoms with Gasteiger partial charge in [0.1, 0.15) is 16.7 Å². The Balaban J connectivity index is 1.72. The molecule has 9 heteroatoms. The van der Waals surface area contributed by atoms with Crippen LogP contribution < -0.4 is 4.74 Å². The van der Waals surface area contributed by atoms with Gasteiger partial charge in [0.15, 0.2) is 0 Å². The van der Waals surface area contributed by atoms with Gasteiger partial charge < -0.3 is 9.84 Å². The van der Waals surface area contributed by atoms with Gasteiger partial charge in [0.25, 0.3) is 0 Å². The van der Waals surface area contributed by atoms with E-state index < -0.39 is 16.1 Å². The summed E-state index contributed by atoms with van der Waals surface area (Å²) in [6.45, 7) is 5.03. The van der Waals surface area contributed by atoms with Crippen molar-refractivity contribution in [2.45, 2.75) is 37.4 Å². The van der Waals surface area contributed by atoms with Crippen LogP contribution in [0.3, 0.4) is 0 Å². The maximum Gasteiger partial charge on any atom is 0.247 e. The third kappa shape index (κ3) is 5.70. The predicted octanol–water partition coefficient (Wildman–Crippen LogP) is 3.04. The van der Waals surface area contributed by atoms with Gasteiger partial charge in [-0.2, -0.15) is 4.31 Å². The molecule has 0 radical (unpaired) electrons. The van der Waals surface area contributed by atoms with Crippen LogP contribution in [0.5, 0.6) is 5.75 Å². The van der Waals surface area contributed by atoms with Gasteiger partial charge in [-0.1, -0.05) is 13.0 Å². The summed E-state index contributed by atoms with van der Waals surface area (Å²) in [6.07, 6.45) is 6.68. The molecule has 0 amide bonds. The normalized spacial score (nSPS) is 20.9. The minimum Gasteiger partial charge on any atom is -0.487 e. The van der Waals surface area contributed by atoms with Crippen LogP contribution >= 0.6 is 0 Å². The molecule has 0 saturated carbocycles. The summed E-state index contributed by atoms with van der Waals surface area (Å²) >= 11 is 0. The lowest BCUT2D eigenvalue weighted by Gasteiger charge is -2.37. The Morgan fingerprint density at radius 1 is 1.09 bits per heavy atom. The number of nitrogens with zero attached hydrogens (tertiary/aromatic N) is 4. The highest BCUT2D eigenvalue weighted by atomic mass is 32.2. The average Bonchev–Trinajstić information content (AvgIpc) is 2.86. The van der Waals surface area contributed by atoms with E-state index in [0.717, 1.165) is 16.7 Å². The van der Waals surface area contributed by atoms with E-state index in [1.807, 2.05) is 38.2 Å². The largest absolute Gasteiger partial charge is 0.487 e. The van der Waals surface area contributed by atoms with Gasteiger partial charge in [-0.3, -0.25) is 14.9 Å². The number of aliphatic hydroxyl groups excluding tert-OH is 1. The highest BCUT2D eigenvalue weighted by molar-refractivity contribution is 7.89. The van der Waals surface area contributed by atoms with Crippen molar-refractivity contribution in [2.75, 3.05) is 26.7 Å². The Morgan fingerprint density at radius 3 is 2.40 bits per heavy atom. The number of likely N-dealkylation sites (N-methyl/N-ethyl adjacent to an activating group) is 1. The van der Waals surface area contributed by atoms with Crippen molar-refractivity contribution in [2.24, 2.45) is 5.92 Å². The van der Waals surface area contributed by atoms with Gasteiger partial charge in [0, 0.05) is 56.4 Å². The predicted molar refractivity (Wildman–Crippen MR) is 134 cm³/mol. The Hall–Kier alpha value is -2.85. The number of aliphatic hydroxyl groups is 1. The van der Waals surface area contributed by atoms with Crippen LogP contribution in [0.15, 0.2) is 72.1 Å². The number of benzene rings is 1. The zero-order valence-corrected chi connectivity index (χ0v) is 21.1. The number of hydrogen-bond acceptors (Lipinski definition) is 7. The molecule has 186 valence electrons. The molecule has 4 rings (SSSR count). The van der Waals surface area contributed by atoms with Gasteiger partial charge in [-0.25, -0.2) is 8.42 Å². The summed E-state index contributed by atoms with van der Waals surface area (Å²) in [5.74, 6) is 0.208. The Morgan fingerprint density at radius 2 is 1.74 bits per heavy atom. The number of aromatic nitrogens is 2. The second kappa shape index (κ2) is 10.8. The van der Waals surface area contributed by atoms with Crippen molar-refractivity contribution in [1.29, 1.82) is 0 Å². The summed E-state index contributed by atoms with van der Waals surface area (Å²) in [5, 5.41) is 9.83. The van der Waals surface area contributed by atoms with E-state index in [4.69, 9.17) is 4.74 Å². The van der Waals surface area contributed by atoms with Crippen molar-refractivity contribution >= 4 is 10.0 Å². The zero-order valence-electron chi connectivity index (χ0n) is 20.3. The Kier molecular flexibility index (Phi) is 7.81. The van der Waals surface area contributed by atoms with E-state index in [-0.39, 0.29) is 30.1 Å². The van der Waals surface area contributed by atoms with Crippen LogP contribution in [-0.4, -0.2) is 71.6 Å². The van der Waals surface area contributed by atoms with Crippen molar-refractivity contribution in [3.05, 3.63) is 72.8 Å². The number of rotatable bonds is 7. The van der Waals surface area contributed by atoms with Crippen LogP contribution in [0.4, 0.5) is 0 Å². The maximum absolute atomic E-state index is 13.6. The molecule has 1 aliphatic rings. The van der Waals surface area contributed by atoms with Crippen LogP contribution in [0.2, 0.25) is 0 Å². The SMILES string of the molecule is C[C@H]1CN([C@@H](C)CO)S(=O)(=O)c2ccc(-c3ccncc3)cc2O[C@H]1CN(C)Cc1ccncc1. The summed E-state index contributed by atoms with van der Waals surface area (Å²) in [6, 6.07) is 12.3. The molecule has 3 heterocycles. The molecule has 0 fully saturated rings. The summed E-state index contributed by atoms with van der Waals surface area (Å²) in [7, 11) is -1.85. The van der Waals surface area contributed by atoms with Gasteiger partial charge in [0.2, 0.25) is 10.0 Å². The fourth-order valence-electron chi connectivity index (χ4n) is 4.34. The van der Waals surface area contributed by atoms with E-state index in [1.165, 1.54) is 4.31 Å². The van der Waals surface area contributed by atoms with Crippen LogP contribution in [-0.2, 0) is 16.6 Å². The number of hydrogen-bond donors (Lipinski definition) is 1. The molecule has 0 bridgehead atoms. The third-order valence-corrected chi connectivity index (χ3v) is 8.39. The first kappa shape index (κ1) is 25.2. The second-order valence-corrected chi connectivity index (χ2v) is 11.0. The van der Waals surface area contributed by atoms with E-state index in [0.29, 0.717) is 18.8 Å². The fourth-order valence-corrected chi connectivity index (χ4v) is 6.16. The number of pyridine rings is 2. The lowest BCUT2D eigenvalue weighted by Crippen LogP contribution is -2.49. The molecule has 0 spiro atoms. The first-order valence-electron chi connectivity index (χ1n) is 11.7. The highest BCUT2D eigenvalue weighted by Gasteiger charge is 2.38. The molecule has 3 aromatic rings. The first-order chi connectivity index (χ1) is 16.8. The Bertz CT molecular complexity index is 1220. The first-order valence-corrected chi connectivity index (χ1v) is 13.1. The van der Waals surface area contributed by atoms with Gasteiger partial charge >= 0.3 is 0 Å². The molecular weight excluding hydrogens is 464 g/mol. The van der Waals surface area contributed by atoms with Crippen molar-refractivity contribution in [3.8, 4) is 16.9 Å². The number of sulfonamides is 1. The molecule has 3 atom stereocenters. The molecule has 0 unspecified atom stereocenters. The van der Waals surface area contributed by atoms with E-state index in [9.17, 15) is 13.5 Å². The average molecular weight is 497 g/mol. The molecule has 1 aliphatic heterocycles. The lowest BCUT2D eigenvalue weighted by atomic mass is 10.0. The summed E-state index contributed by atoms with van der Waals surface area (Å²) in [5.41, 5.74) is 2.91. The van der Waals surface area contributed by atoms with Crippen LogP contribution in [0.25, 0.3) is 11.1 Å². The molecule has 8 nitrogen and oxygen atoms in total. The smallest absolute Gasteiger partial charge is 0.247 e. The minimum absolute atomic E-state index is 0.114. The molecule has 0 saturated heterocycles. The van der Waals surface area contributed by atoms with E-state index in [2.05, 4.69) is 14.9 Å². The van der Waals surface area contributed by atoms with E-state index >= 15 is 0 Å². The lowest BCUT2D eigenvalue weighted by molar-refractivity contribution is 0.0734. The highest BCUT2D eigenvalue weighted by Crippen LogP contribution is 2.36. The van der Waals surface area contributed by atoms with Crippen molar-refractivity contribution in [3.63, 3.8) is 0 Å². The van der Waals surface area contributed by atoms with Crippen LogP contribution in [0.1, 0.15) is 19.4 Å². The molecule has 35 heavy (non-hydrogen) atoms. The zero-order chi connectivity index (χ0) is 25.0. The molecule has 1 N–H and O–H groups in total. The fraction of sp³-hybridized carbons (Fsp3) is 0.385. The van der Waals surface area contributed by atoms with Crippen molar-refractivity contribution < 1.29 is 18.3 Å². The summed E-state index contributed by atoms with van der Waals surface area (Å²) in [4.78, 5) is 10.4.